The van der Waals surface area contributed by atoms with E-state index >= 15 is 0 Å². The van der Waals surface area contributed by atoms with Gasteiger partial charge in [0, 0.05) is 19.1 Å². The van der Waals surface area contributed by atoms with Gasteiger partial charge in [-0.3, -0.25) is 4.79 Å². The zero-order chi connectivity index (χ0) is 13.0. The Balaban J connectivity index is 0.00000180. The summed E-state index contributed by atoms with van der Waals surface area (Å²) in [5.74, 6) is 0.152. The summed E-state index contributed by atoms with van der Waals surface area (Å²) < 4.78 is 5.98. The normalized spacial score (nSPS) is 26.0. The molecule has 2 rings (SSSR count). The molecule has 19 heavy (non-hydrogen) atoms. The van der Waals surface area contributed by atoms with Crippen LogP contribution >= 0.6 is 12.4 Å². The van der Waals surface area contributed by atoms with Gasteiger partial charge in [0.2, 0.25) is 0 Å². The number of likely N-dealkylation sites (tertiary alicyclic amines) is 1. The van der Waals surface area contributed by atoms with Crippen LogP contribution in [0.15, 0.2) is 0 Å². The van der Waals surface area contributed by atoms with E-state index in [0.717, 1.165) is 38.6 Å². The molecule has 2 atom stereocenters. The molecule has 0 aromatic heterocycles. The third-order valence-electron chi connectivity index (χ3n) is 4.07. The van der Waals surface area contributed by atoms with Gasteiger partial charge in [-0.15, -0.1) is 12.4 Å². The summed E-state index contributed by atoms with van der Waals surface area (Å²) in [6.07, 6.45) is 7.58. The number of nitrogens with two attached hydrogens (primary N) is 1. The molecule has 0 radical (unpaired) electrons. The fourth-order valence-corrected chi connectivity index (χ4v) is 3.00. The molecule has 112 valence electrons. The van der Waals surface area contributed by atoms with Gasteiger partial charge < -0.3 is 15.4 Å². The average molecular weight is 291 g/mol. The Morgan fingerprint density at radius 2 is 2.00 bits per heavy atom. The zero-order valence-electron chi connectivity index (χ0n) is 11.8. The molecule has 1 saturated heterocycles. The molecule has 0 spiro atoms. The van der Waals surface area contributed by atoms with E-state index in [1.54, 1.807) is 0 Å². The summed E-state index contributed by atoms with van der Waals surface area (Å²) in [5.41, 5.74) is 5.93. The minimum Gasteiger partial charge on any atom is -0.365 e. The number of hydrogen-bond donors (Lipinski definition) is 1. The second-order valence-electron chi connectivity index (χ2n) is 5.63. The number of carbonyl (C=O) groups is 1. The number of ether oxygens (including phenoxy) is 1. The summed E-state index contributed by atoms with van der Waals surface area (Å²) in [7, 11) is 0. The van der Waals surface area contributed by atoms with Crippen LogP contribution in [0.3, 0.4) is 0 Å². The number of piperidine rings is 1. The maximum atomic E-state index is 12.4. The summed E-state index contributed by atoms with van der Waals surface area (Å²) >= 11 is 0. The molecule has 4 nitrogen and oxygen atoms in total. The summed E-state index contributed by atoms with van der Waals surface area (Å²) in [6.45, 7) is 3.57. The highest BCUT2D eigenvalue weighted by Crippen LogP contribution is 2.24. The van der Waals surface area contributed by atoms with Crippen LogP contribution in [0.4, 0.5) is 0 Å². The molecule has 2 N–H and O–H groups in total. The number of halogens is 1. The van der Waals surface area contributed by atoms with E-state index in [1.807, 2.05) is 11.8 Å². The van der Waals surface area contributed by atoms with Crippen molar-refractivity contribution in [3.8, 4) is 0 Å². The first-order valence-corrected chi connectivity index (χ1v) is 7.40. The van der Waals surface area contributed by atoms with Gasteiger partial charge in [-0.1, -0.05) is 19.8 Å². The number of carbonyl (C=O) groups excluding carboxylic acids is 1. The van der Waals surface area contributed by atoms with Crippen molar-refractivity contribution in [2.75, 3.05) is 13.1 Å². The highest BCUT2D eigenvalue weighted by molar-refractivity contribution is 5.85. The third kappa shape index (κ3) is 4.62. The fraction of sp³-hybridized carbons (Fsp3) is 0.929. The Morgan fingerprint density at radius 1 is 1.32 bits per heavy atom. The van der Waals surface area contributed by atoms with Crippen LogP contribution in [-0.2, 0) is 9.53 Å². The van der Waals surface area contributed by atoms with Crippen molar-refractivity contribution < 1.29 is 9.53 Å². The van der Waals surface area contributed by atoms with Crippen LogP contribution in [0.1, 0.15) is 51.9 Å². The first-order valence-electron chi connectivity index (χ1n) is 7.40. The Hall–Kier alpha value is -0.320. The molecule has 2 unspecified atom stereocenters. The predicted octanol–water partition coefficient (Wildman–Crippen LogP) is 2.10. The molecule has 0 bridgehead atoms. The first kappa shape index (κ1) is 16.7. The van der Waals surface area contributed by atoms with Crippen molar-refractivity contribution in [1.29, 1.82) is 0 Å². The first-order chi connectivity index (χ1) is 8.70. The lowest BCUT2D eigenvalue weighted by Gasteiger charge is -2.33. The van der Waals surface area contributed by atoms with Crippen LogP contribution in [0.25, 0.3) is 0 Å². The Labute approximate surface area is 122 Å². The monoisotopic (exact) mass is 290 g/mol. The third-order valence-corrected chi connectivity index (χ3v) is 4.07. The molecule has 0 aromatic carbocycles. The van der Waals surface area contributed by atoms with E-state index in [9.17, 15) is 4.79 Å². The smallest absolute Gasteiger partial charge is 0.251 e. The van der Waals surface area contributed by atoms with Crippen molar-refractivity contribution in [3.63, 3.8) is 0 Å². The standard InChI is InChI=1S/C14H26N2O2.ClH/c1-2-13(18-12-7-3-4-8-12)14(17)16-9-5-6-11(15)10-16;/h11-13H,2-10,15H2,1H3;1H. The van der Waals surface area contributed by atoms with Gasteiger partial charge in [0.1, 0.15) is 6.10 Å². The number of hydrogen-bond acceptors (Lipinski definition) is 3. The maximum Gasteiger partial charge on any atom is 0.251 e. The van der Waals surface area contributed by atoms with E-state index < -0.39 is 0 Å². The SMILES string of the molecule is CCC(OC1CCCC1)C(=O)N1CCCC(N)C1.Cl. The van der Waals surface area contributed by atoms with Crippen LogP contribution in [0.5, 0.6) is 0 Å². The minimum atomic E-state index is -0.251. The lowest BCUT2D eigenvalue weighted by atomic mass is 10.1. The highest BCUT2D eigenvalue weighted by atomic mass is 35.5. The molecule has 1 heterocycles. The van der Waals surface area contributed by atoms with Crippen molar-refractivity contribution in [2.24, 2.45) is 5.73 Å². The topological polar surface area (TPSA) is 55.6 Å². The van der Waals surface area contributed by atoms with E-state index in [4.69, 9.17) is 10.5 Å². The van der Waals surface area contributed by atoms with Crippen LogP contribution in [-0.4, -0.2) is 42.1 Å². The maximum absolute atomic E-state index is 12.4. The van der Waals surface area contributed by atoms with Crippen LogP contribution in [0.2, 0.25) is 0 Å². The minimum absolute atomic E-state index is 0. The van der Waals surface area contributed by atoms with Gasteiger partial charge in [0.15, 0.2) is 0 Å². The van der Waals surface area contributed by atoms with E-state index in [2.05, 4.69) is 0 Å². The lowest BCUT2D eigenvalue weighted by molar-refractivity contribution is -0.149. The summed E-state index contributed by atoms with van der Waals surface area (Å²) in [4.78, 5) is 14.3. The van der Waals surface area contributed by atoms with Gasteiger partial charge in [-0.05, 0) is 32.1 Å². The van der Waals surface area contributed by atoms with Gasteiger partial charge in [0.05, 0.1) is 6.10 Å². The van der Waals surface area contributed by atoms with Crippen LogP contribution in [0, 0.1) is 0 Å². The van der Waals surface area contributed by atoms with Crippen molar-refractivity contribution in [3.05, 3.63) is 0 Å². The van der Waals surface area contributed by atoms with Gasteiger partial charge in [0.25, 0.3) is 5.91 Å². The zero-order valence-corrected chi connectivity index (χ0v) is 12.7. The largest absolute Gasteiger partial charge is 0.365 e. The molecule has 1 aliphatic heterocycles. The lowest BCUT2D eigenvalue weighted by Crippen LogP contribution is -2.50. The average Bonchev–Trinajstić information content (AvgIpc) is 2.88. The fourth-order valence-electron chi connectivity index (χ4n) is 3.00. The van der Waals surface area contributed by atoms with Crippen molar-refractivity contribution in [1.82, 2.24) is 4.90 Å². The second kappa shape index (κ2) is 8.08. The van der Waals surface area contributed by atoms with Gasteiger partial charge in [-0.25, -0.2) is 0 Å². The quantitative estimate of drug-likeness (QED) is 0.863. The summed E-state index contributed by atoms with van der Waals surface area (Å²) in [5, 5.41) is 0. The molecule has 1 aliphatic carbocycles. The van der Waals surface area contributed by atoms with E-state index in [-0.39, 0.29) is 30.5 Å². The van der Waals surface area contributed by atoms with E-state index in [1.165, 1.54) is 12.8 Å². The Morgan fingerprint density at radius 3 is 2.58 bits per heavy atom. The Bertz CT molecular complexity index is 283. The molecule has 1 saturated carbocycles. The van der Waals surface area contributed by atoms with Gasteiger partial charge in [-0.2, -0.15) is 0 Å². The molecular formula is C14H27ClN2O2. The van der Waals surface area contributed by atoms with Crippen LogP contribution < -0.4 is 5.73 Å². The molecule has 2 fully saturated rings. The number of amides is 1. The number of rotatable bonds is 4. The van der Waals surface area contributed by atoms with E-state index in [0.29, 0.717) is 12.6 Å². The molecule has 2 aliphatic rings. The predicted molar refractivity (Wildman–Crippen MR) is 78.5 cm³/mol. The van der Waals surface area contributed by atoms with Gasteiger partial charge >= 0.3 is 0 Å². The Kier molecular flexibility index (Phi) is 7.11. The number of nitrogens with zero attached hydrogens (tertiary/aromatic N) is 1. The molecule has 5 heteroatoms. The molecular weight excluding hydrogens is 264 g/mol. The van der Waals surface area contributed by atoms with Crippen molar-refractivity contribution in [2.45, 2.75) is 70.1 Å². The second-order valence-corrected chi connectivity index (χ2v) is 5.63. The molecule has 1 amide bonds. The molecule has 0 aromatic rings. The highest BCUT2D eigenvalue weighted by Gasteiger charge is 2.30. The van der Waals surface area contributed by atoms with Crippen molar-refractivity contribution >= 4 is 18.3 Å². The summed E-state index contributed by atoms with van der Waals surface area (Å²) in [6, 6.07) is 0.145.